The van der Waals surface area contributed by atoms with E-state index in [2.05, 4.69) is 64.1 Å². The first kappa shape index (κ1) is 34.9. The number of aromatic hydroxyl groups is 1. The Morgan fingerprint density at radius 1 is 0.791 bits per heavy atom. The number of benzene rings is 3. The molecule has 0 fully saturated rings. The minimum absolute atomic E-state index is 0. The zero-order valence-electron chi connectivity index (χ0n) is 25.8. The van der Waals surface area contributed by atoms with Crippen molar-refractivity contribution in [2.24, 2.45) is 9.98 Å². The van der Waals surface area contributed by atoms with Crippen LogP contribution in [-0.2, 0) is 16.8 Å². The quantitative estimate of drug-likeness (QED) is 0.212. The second kappa shape index (κ2) is 15.3. The van der Waals surface area contributed by atoms with Gasteiger partial charge in [-0.2, -0.15) is 0 Å². The fourth-order valence-electron chi connectivity index (χ4n) is 4.46. The first-order valence-corrected chi connectivity index (χ1v) is 13.8. The van der Waals surface area contributed by atoms with Crippen LogP contribution in [0.5, 0.6) is 11.5 Å². The van der Waals surface area contributed by atoms with Crippen molar-refractivity contribution in [3.8, 4) is 11.5 Å². The third-order valence-electron chi connectivity index (χ3n) is 6.78. The maximum atomic E-state index is 11.3. The van der Waals surface area contributed by atoms with Gasteiger partial charge in [-0.05, 0) is 94.5 Å². The molecule has 0 aliphatic carbocycles. The van der Waals surface area contributed by atoms with E-state index in [9.17, 15) is 9.90 Å². The van der Waals surface area contributed by atoms with Crippen molar-refractivity contribution in [3.05, 3.63) is 111 Å². The van der Waals surface area contributed by atoms with Gasteiger partial charge in [-0.3, -0.25) is 9.98 Å². The number of aryl methyl sites for hydroxylation is 4. The molecular weight excluding hydrogens is 585 g/mol. The Balaban J connectivity index is 0.000000364. The monoisotopic (exact) mass is 623 g/mol. The smallest absolute Gasteiger partial charge is 0.335 e. The van der Waals surface area contributed by atoms with Crippen molar-refractivity contribution >= 4 is 28.8 Å². The van der Waals surface area contributed by atoms with Crippen molar-refractivity contribution in [3.63, 3.8) is 0 Å². The molecule has 7 nitrogen and oxygen atoms in total. The van der Waals surface area contributed by atoms with E-state index in [0.29, 0.717) is 5.56 Å². The topological polar surface area (TPSA) is 118 Å². The average molecular weight is 624 g/mol. The van der Waals surface area contributed by atoms with Crippen LogP contribution < -0.4 is 5.11 Å². The molecule has 0 bridgehead atoms. The van der Waals surface area contributed by atoms with Crippen LogP contribution in [0, 0.1) is 27.7 Å². The van der Waals surface area contributed by atoms with Crippen LogP contribution in [0.4, 0.5) is 11.4 Å². The number of hydrogen-bond donors (Lipinski definition) is 2. The molecule has 4 rings (SSSR count). The summed E-state index contributed by atoms with van der Waals surface area (Å²) in [5, 5.41) is 29.2. The third-order valence-corrected chi connectivity index (χ3v) is 6.78. The number of rotatable bonds is 6. The molecule has 3 aromatic carbocycles. The molecule has 0 spiro atoms. The van der Waals surface area contributed by atoms with E-state index in [-0.39, 0.29) is 28.3 Å². The second-order valence-electron chi connectivity index (χ2n) is 10.7. The maximum absolute atomic E-state index is 11.3. The van der Waals surface area contributed by atoms with Crippen molar-refractivity contribution in [1.82, 2.24) is 4.98 Å². The molecule has 227 valence electrons. The zero-order chi connectivity index (χ0) is 31.1. The minimum atomic E-state index is -1.30. The van der Waals surface area contributed by atoms with Crippen LogP contribution in [0.15, 0.2) is 76.7 Å². The number of carboxylic acids is 1. The van der Waals surface area contributed by atoms with Gasteiger partial charge in [0, 0.05) is 16.8 Å². The van der Waals surface area contributed by atoms with E-state index in [4.69, 9.17) is 25.2 Å². The summed E-state index contributed by atoms with van der Waals surface area (Å²) in [5.74, 6) is -2.69. The molecule has 0 atom stereocenters. The van der Waals surface area contributed by atoms with Gasteiger partial charge in [0.1, 0.15) is 5.75 Å². The Bertz CT molecular complexity index is 1590. The average Bonchev–Trinajstić information content (AvgIpc) is 2.93. The van der Waals surface area contributed by atoms with Gasteiger partial charge in [0.2, 0.25) is 0 Å². The molecule has 4 aromatic rings. The van der Waals surface area contributed by atoms with Gasteiger partial charge in [-0.1, -0.05) is 67.1 Å². The molecule has 1 aromatic heterocycles. The summed E-state index contributed by atoms with van der Waals surface area (Å²) < 4.78 is 0. The molecule has 0 saturated heterocycles. The molecule has 0 amide bonds. The van der Waals surface area contributed by atoms with E-state index in [1.165, 1.54) is 34.4 Å². The summed E-state index contributed by atoms with van der Waals surface area (Å²) >= 11 is 0. The van der Waals surface area contributed by atoms with E-state index in [0.717, 1.165) is 34.2 Å². The third kappa shape index (κ3) is 9.10. The van der Waals surface area contributed by atoms with Crippen LogP contribution in [-0.4, -0.2) is 32.6 Å². The molecule has 0 unspecified atom stereocenters. The number of aromatic nitrogens is 1. The Kier molecular flexibility index (Phi) is 12.4. The molecule has 2 N–H and O–H groups in total. The molecule has 0 saturated carbocycles. The van der Waals surface area contributed by atoms with Gasteiger partial charge < -0.3 is 15.3 Å². The second-order valence-corrected chi connectivity index (χ2v) is 10.7. The van der Waals surface area contributed by atoms with Crippen molar-refractivity contribution in [2.45, 2.75) is 61.3 Å². The largest absolute Gasteiger partial charge is 0.869 e. The standard InChI is InChI=1S/C25H27N3.C10H12O4.Co/c1-16-10-12-22(18(3)14-16)26-20(5)24-8-7-9-25(28-24)21(6)27-23-13-11-17(2)15-19(23)4;1-5(2)6-3-4-7(11)9(12)8(6)10(13)14;/h7-15H,1-6H3;3-5,11-12H,1-2H3,(H,13,14);/p-1. The van der Waals surface area contributed by atoms with Gasteiger partial charge in [0.25, 0.3) is 0 Å². The van der Waals surface area contributed by atoms with Crippen molar-refractivity contribution < 1.29 is 36.9 Å². The van der Waals surface area contributed by atoms with E-state index < -0.39 is 17.5 Å². The van der Waals surface area contributed by atoms with Gasteiger partial charge >= 0.3 is 5.97 Å². The summed E-state index contributed by atoms with van der Waals surface area (Å²) in [7, 11) is 0. The van der Waals surface area contributed by atoms with Gasteiger partial charge in [-0.15, -0.1) is 0 Å². The molecule has 43 heavy (non-hydrogen) atoms. The number of hydrogen-bond acceptors (Lipinski definition) is 6. The predicted molar refractivity (Wildman–Crippen MR) is 168 cm³/mol. The SMILES string of the molecule is CC(=Nc1ccc(C)cc1C)c1cccc(C(C)=Nc2ccc(C)cc2C)n1.CC(C)c1ccc(O)c([O-])c1C(=O)O.[Co]. The number of aromatic carboxylic acids is 1. The molecule has 0 aliphatic heterocycles. The number of carboxylic acid groups (broad SMARTS) is 1. The van der Waals surface area contributed by atoms with E-state index >= 15 is 0 Å². The molecule has 1 radical (unpaired) electrons. The molecule has 1 heterocycles. The maximum Gasteiger partial charge on any atom is 0.335 e. The first-order valence-electron chi connectivity index (χ1n) is 13.8. The predicted octanol–water partition coefficient (Wildman–Crippen LogP) is 7.88. The Morgan fingerprint density at radius 3 is 1.65 bits per heavy atom. The van der Waals surface area contributed by atoms with E-state index in [1.54, 1.807) is 13.8 Å². The summed E-state index contributed by atoms with van der Waals surface area (Å²) in [5.41, 5.74) is 10.4. The van der Waals surface area contributed by atoms with Crippen molar-refractivity contribution in [1.29, 1.82) is 0 Å². The number of aliphatic imine (C=N–C) groups is 2. The zero-order valence-corrected chi connectivity index (χ0v) is 26.9. The van der Waals surface area contributed by atoms with E-state index in [1.807, 2.05) is 32.0 Å². The first-order chi connectivity index (χ1) is 19.8. The summed E-state index contributed by atoms with van der Waals surface area (Å²) in [6, 6.07) is 21.3. The Hall–Kier alpha value is -4.27. The molecule has 8 heteroatoms. The van der Waals surface area contributed by atoms with Crippen LogP contribution >= 0.6 is 0 Å². The Labute approximate surface area is 264 Å². The summed E-state index contributed by atoms with van der Waals surface area (Å²) in [6.45, 7) is 15.9. The number of phenols is 1. The number of phenolic OH excluding ortho intramolecular Hbond substituents is 1. The van der Waals surface area contributed by atoms with Crippen LogP contribution in [0.25, 0.3) is 0 Å². The van der Waals surface area contributed by atoms with Crippen molar-refractivity contribution in [2.75, 3.05) is 0 Å². The fraction of sp³-hybridized carbons (Fsp3) is 0.257. The van der Waals surface area contributed by atoms with Crippen LogP contribution in [0.1, 0.15) is 83.2 Å². The number of pyridine rings is 1. The van der Waals surface area contributed by atoms with Gasteiger partial charge in [0.15, 0.2) is 0 Å². The minimum Gasteiger partial charge on any atom is -0.869 e. The van der Waals surface area contributed by atoms with Crippen LogP contribution in [0.3, 0.4) is 0 Å². The fourth-order valence-corrected chi connectivity index (χ4v) is 4.46. The summed E-state index contributed by atoms with van der Waals surface area (Å²) in [6.07, 6.45) is 0. The van der Waals surface area contributed by atoms with Crippen LogP contribution in [0.2, 0.25) is 0 Å². The summed E-state index contributed by atoms with van der Waals surface area (Å²) in [4.78, 5) is 25.2. The Morgan fingerprint density at radius 2 is 1.26 bits per heavy atom. The normalized spacial score (nSPS) is 11.5. The van der Waals surface area contributed by atoms with Gasteiger partial charge in [-0.25, -0.2) is 9.78 Å². The van der Waals surface area contributed by atoms with Gasteiger partial charge in [0.05, 0.1) is 39.7 Å². The number of nitrogens with zero attached hydrogens (tertiary/aromatic N) is 3. The molecule has 0 aliphatic rings. The molecular formula is C35H38CoN3O4-. The number of carbonyl (C=O) groups is 1.